The van der Waals surface area contributed by atoms with E-state index >= 15 is 0 Å². The van der Waals surface area contributed by atoms with Crippen LogP contribution in [0.4, 0.5) is 0 Å². The van der Waals surface area contributed by atoms with Gasteiger partial charge in [0, 0.05) is 0 Å². The van der Waals surface area contributed by atoms with Crippen molar-refractivity contribution in [1.82, 2.24) is 0 Å². The predicted molar refractivity (Wildman–Crippen MR) is 69.9 cm³/mol. The molecule has 0 saturated heterocycles. The molecule has 18 heavy (non-hydrogen) atoms. The fourth-order valence-corrected chi connectivity index (χ4v) is 1.70. The number of methoxy groups -OCH3 is 1. The molecule has 94 valence electrons. The van der Waals surface area contributed by atoms with Crippen LogP contribution in [0.1, 0.15) is 11.7 Å². The van der Waals surface area contributed by atoms with Crippen LogP contribution in [0.25, 0.3) is 0 Å². The third-order valence-corrected chi connectivity index (χ3v) is 2.67. The van der Waals surface area contributed by atoms with Gasteiger partial charge < -0.3 is 14.6 Å². The van der Waals surface area contributed by atoms with Crippen LogP contribution in [0.5, 0.6) is 11.5 Å². The van der Waals surface area contributed by atoms with E-state index in [0.717, 1.165) is 11.3 Å². The van der Waals surface area contributed by atoms with Crippen LogP contribution in [-0.2, 0) is 0 Å². The van der Waals surface area contributed by atoms with Gasteiger partial charge in [0.1, 0.15) is 17.6 Å². The second-order valence-electron chi connectivity index (χ2n) is 3.88. The van der Waals surface area contributed by atoms with Crippen molar-refractivity contribution in [1.29, 1.82) is 0 Å². The van der Waals surface area contributed by atoms with Gasteiger partial charge in [-0.05, 0) is 29.8 Å². The lowest BCUT2D eigenvalue weighted by Gasteiger charge is -2.17. The molecular formula is C15H16O3. The van der Waals surface area contributed by atoms with E-state index in [1.165, 1.54) is 0 Å². The van der Waals surface area contributed by atoms with Gasteiger partial charge in [-0.3, -0.25) is 0 Å². The number of hydrogen-bond donors (Lipinski definition) is 1. The monoisotopic (exact) mass is 244 g/mol. The summed E-state index contributed by atoms with van der Waals surface area (Å²) in [6.45, 7) is -0.0595. The van der Waals surface area contributed by atoms with Gasteiger partial charge in [0.25, 0.3) is 0 Å². The first-order chi connectivity index (χ1) is 8.83. The normalized spacial score (nSPS) is 11.9. The summed E-state index contributed by atoms with van der Waals surface area (Å²) in [7, 11) is 1.62. The molecular weight excluding hydrogens is 228 g/mol. The lowest BCUT2D eigenvalue weighted by molar-refractivity contribution is 0.116. The van der Waals surface area contributed by atoms with Crippen LogP contribution in [0.3, 0.4) is 0 Å². The van der Waals surface area contributed by atoms with E-state index in [4.69, 9.17) is 9.47 Å². The van der Waals surface area contributed by atoms with Gasteiger partial charge in [0.2, 0.25) is 0 Å². The molecule has 1 atom stereocenters. The second-order valence-corrected chi connectivity index (χ2v) is 3.88. The number of aliphatic hydroxyl groups is 1. The molecule has 1 unspecified atom stereocenters. The van der Waals surface area contributed by atoms with Gasteiger partial charge in [0.15, 0.2) is 0 Å². The first-order valence-electron chi connectivity index (χ1n) is 5.80. The minimum atomic E-state index is -0.348. The van der Waals surface area contributed by atoms with E-state index in [-0.39, 0.29) is 12.7 Å². The number of ether oxygens (including phenoxy) is 2. The Bertz CT molecular complexity index is 465. The Hall–Kier alpha value is -2.00. The highest BCUT2D eigenvalue weighted by Gasteiger charge is 2.11. The summed E-state index contributed by atoms with van der Waals surface area (Å²) in [5.74, 6) is 1.49. The van der Waals surface area contributed by atoms with Gasteiger partial charge in [-0.1, -0.05) is 30.3 Å². The Kier molecular flexibility index (Phi) is 4.20. The largest absolute Gasteiger partial charge is 0.497 e. The van der Waals surface area contributed by atoms with E-state index in [2.05, 4.69) is 0 Å². The molecule has 3 heteroatoms. The maximum Gasteiger partial charge on any atom is 0.147 e. The van der Waals surface area contributed by atoms with Crippen LogP contribution >= 0.6 is 0 Å². The smallest absolute Gasteiger partial charge is 0.147 e. The molecule has 3 nitrogen and oxygen atoms in total. The molecule has 0 spiro atoms. The van der Waals surface area contributed by atoms with E-state index in [1.807, 2.05) is 54.6 Å². The first kappa shape index (κ1) is 12.5. The van der Waals surface area contributed by atoms with Crippen molar-refractivity contribution < 1.29 is 14.6 Å². The summed E-state index contributed by atoms with van der Waals surface area (Å²) in [6.07, 6.45) is -0.348. The van der Waals surface area contributed by atoms with Crippen molar-refractivity contribution in [2.24, 2.45) is 0 Å². The van der Waals surface area contributed by atoms with Crippen molar-refractivity contribution in [2.45, 2.75) is 6.10 Å². The molecule has 0 radical (unpaired) electrons. The van der Waals surface area contributed by atoms with Crippen LogP contribution in [0.15, 0.2) is 54.6 Å². The summed E-state index contributed by atoms with van der Waals surface area (Å²) >= 11 is 0. The average Bonchev–Trinajstić information content (AvgIpc) is 2.46. The zero-order valence-corrected chi connectivity index (χ0v) is 10.2. The maximum atomic E-state index is 9.39. The minimum Gasteiger partial charge on any atom is -0.497 e. The number of benzene rings is 2. The highest BCUT2D eigenvalue weighted by Crippen LogP contribution is 2.23. The fourth-order valence-electron chi connectivity index (χ4n) is 1.70. The quantitative estimate of drug-likeness (QED) is 0.879. The van der Waals surface area contributed by atoms with E-state index < -0.39 is 0 Å². The van der Waals surface area contributed by atoms with Gasteiger partial charge in [-0.15, -0.1) is 0 Å². The van der Waals surface area contributed by atoms with Crippen LogP contribution in [0, 0.1) is 0 Å². The Morgan fingerprint density at radius 1 is 0.944 bits per heavy atom. The predicted octanol–water partition coefficient (Wildman–Crippen LogP) is 2.81. The average molecular weight is 244 g/mol. The minimum absolute atomic E-state index is 0.0595. The third-order valence-electron chi connectivity index (χ3n) is 2.67. The standard InChI is InChI=1S/C15H16O3/c1-17-13-7-9-14(10-8-13)18-15(11-16)12-5-3-2-4-6-12/h2-10,15-16H,11H2,1H3. The lowest BCUT2D eigenvalue weighted by atomic mass is 10.1. The molecule has 0 saturated carbocycles. The van der Waals surface area contributed by atoms with Crippen molar-refractivity contribution >= 4 is 0 Å². The molecule has 0 aromatic heterocycles. The number of rotatable bonds is 5. The van der Waals surface area contributed by atoms with Crippen LogP contribution in [0.2, 0.25) is 0 Å². The summed E-state index contributed by atoms with van der Waals surface area (Å²) in [5.41, 5.74) is 0.954. The van der Waals surface area contributed by atoms with Gasteiger partial charge in [0.05, 0.1) is 13.7 Å². The van der Waals surface area contributed by atoms with Gasteiger partial charge in [-0.25, -0.2) is 0 Å². The SMILES string of the molecule is COc1ccc(OC(CO)c2ccccc2)cc1. The Labute approximate surface area is 107 Å². The third kappa shape index (κ3) is 3.02. The summed E-state index contributed by atoms with van der Waals surface area (Å²) < 4.78 is 10.8. The van der Waals surface area contributed by atoms with Gasteiger partial charge >= 0.3 is 0 Å². The second kappa shape index (κ2) is 6.07. The molecule has 2 aromatic rings. The maximum absolute atomic E-state index is 9.39. The van der Waals surface area contributed by atoms with Crippen molar-refractivity contribution in [3.8, 4) is 11.5 Å². The molecule has 0 aliphatic heterocycles. The fraction of sp³-hybridized carbons (Fsp3) is 0.200. The van der Waals surface area contributed by atoms with E-state index in [1.54, 1.807) is 7.11 Å². The Morgan fingerprint density at radius 3 is 2.11 bits per heavy atom. The van der Waals surface area contributed by atoms with Crippen LogP contribution in [-0.4, -0.2) is 18.8 Å². The first-order valence-corrected chi connectivity index (χ1v) is 5.80. The van der Waals surface area contributed by atoms with Crippen molar-refractivity contribution in [3.63, 3.8) is 0 Å². The highest BCUT2D eigenvalue weighted by atomic mass is 16.5. The zero-order chi connectivity index (χ0) is 12.8. The highest BCUT2D eigenvalue weighted by molar-refractivity contribution is 5.32. The topological polar surface area (TPSA) is 38.7 Å². The molecule has 2 aromatic carbocycles. The zero-order valence-electron chi connectivity index (χ0n) is 10.2. The van der Waals surface area contributed by atoms with Crippen LogP contribution < -0.4 is 9.47 Å². The molecule has 0 amide bonds. The van der Waals surface area contributed by atoms with Gasteiger partial charge in [-0.2, -0.15) is 0 Å². The molecule has 0 bridgehead atoms. The van der Waals surface area contributed by atoms with E-state index in [9.17, 15) is 5.11 Å². The molecule has 0 aliphatic carbocycles. The molecule has 0 fully saturated rings. The van der Waals surface area contributed by atoms with E-state index in [0.29, 0.717) is 5.75 Å². The number of aliphatic hydroxyl groups excluding tert-OH is 1. The molecule has 2 rings (SSSR count). The van der Waals surface area contributed by atoms with Crippen molar-refractivity contribution in [3.05, 3.63) is 60.2 Å². The molecule has 0 heterocycles. The molecule has 1 N–H and O–H groups in total. The lowest BCUT2D eigenvalue weighted by Crippen LogP contribution is -2.11. The summed E-state index contributed by atoms with van der Waals surface area (Å²) in [4.78, 5) is 0. The Balaban J connectivity index is 2.10. The Morgan fingerprint density at radius 2 is 1.56 bits per heavy atom. The number of hydrogen-bond acceptors (Lipinski definition) is 3. The van der Waals surface area contributed by atoms with Crippen molar-refractivity contribution in [2.75, 3.05) is 13.7 Å². The summed E-state index contributed by atoms with van der Waals surface area (Å²) in [6, 6.07) is 17.0. The molecule has 0 aliphatic rings. The summed E-state index contributed by atoms with van der Waals surface area (Å²) in [5, 5.41) is 9.39.